The molecule has 18 heavy (non-hydrogen) atoms. The average molecular weight is 251 g/mol. The molecule has 0 aliphatic rings. The third-order valence-electron chi connectivity index (χ3n) is 2.74. The SMILES string of the molecule is COc1c(C(=O)NCCCO)cccc1C(C)C. The summed E-state index contributed by atoms with van der Waals surface area (Å²) in [5.74, 6) is 0.766. The largest absolute Gasteiger partial charge is 0.496 e. The van der Waals surface area contributed by atoms with Crippen molar-refractivity contribution >= 4 is 5.91 Å². The van der Waals surface area contributed by atoms with Crippen molar-refractivity contribution < 1.29 is 14.6 Å². The van der Waals surface area contributed by atoms with Gasteiger partial charge in [-0.2, -0.15) is 0 Å². The molecule has 0 unspecified atom stereocenters. The highest BCUT2D eigenvalue weighted by molar-refractivity contribution is 5.97. The number of para-hydroxylation sites is 1. The highest BCUT2D eigenvalue weighted by atomic mass is 16.5. The number of rotatable bonds is 6. The van der Waals surface area contributed by atoms with Gasteiger partial charge in [0.15, 0.2) is 0 Å². The van der Waals surface area contributed by atoms with Crippen LogP contribution >= 0.6 is 0 Å². The van der Waals surface area contributed by atoms with Crippen LogP contribution in [0, 0.1) is 0 Å². The topological polar surface area (TPSA) is 58.6 Å². The maximum absolute atomic E-state index is 12.0. The van der Waals surface area contributed by atoms with E-state index in [2.05, 4.69) is 19.2 Å². The van der Waals surface area contributed by atoms with Gasteiger partial charge in [0.25, 0.3) is 5.91 Å². The summed E-state index contributed by atoms with van der Waals surface area (Å²) in [6.45, 7) is 4.66. The average Bonchev–Trinajstić information content (AvgIpc) is 2.37. The summed E-state index contributed by atoms with van der Waals surface area (Å²) in [6, 6.07) is 5.58. The van der Waals surface area contributed by atoms with E-state index in [4.69, 9.17) is 9.84 Å². The number of benzene rings is 1. The zero-order chi connectivity index (χ0) is 13.5. The molecule has 1 aromatic rings. The fraction of sp³-hybridized carbons (Fsp3) is 0.500. The monoisotopic (exact) mass is 251 g/mol. The van der Waals surface area contributed by atoms with Crippen molar-refractivity contribution in [3.05, 3.63) is 29.3 Å². The predicted molar refractivity (Wildman–Crippen MR) is 71.1 cm³/mol. The van der Waals surface area contributed by atoms with Crippen LogP contribution in [0.1, 0.15) is 42.1 Å². The summed E-state index contributed by atoms with van der Waals surface area (Å²) >= 11 is 0. The Balaban J connectivity index is 2.94. The van der Waals surface area contributed by atoms with Crippen molar-refractivity contribution in [3.8, 4) is 5.75 Å². The maximum Gasteiger partial charge on any atom is 0.255 e. The van der Waals surface area contributed by atoms with Gasteiger partial charge in [0.05, 0.1) is 12.7 Å². The molecule has 4 heteroatoms. The van der Waals surface area contributed by atoms with E-state index in [1.807, 2.05) is 12.1 Å². The molecule has 0 fully saturated rings. The Kier molecular flexibility index (Phi) is 5.65. The predicted octanol–water partition coefficient (Wildman–Crippen LogP) is 1.93. The van der Waals surface area contributed by atoms with Gasteiger partial charge >= 0.3 is 0 Å². The first-order valence-corrected chi connectivity index (χ1v) is 6.17. The molecule has 0 aromatic heterocycles. The quantitative estimate of drug-likeness (QED) is 0.759. The van der Waals surface area contributed by atoms with Crippen molar-refractivity contribution in [3.63, 3.8) is 0 Å². The zero-order valence-electron chi connectivity index (χ0n) is 11.2. The fourth-order valence-electron chi connectivity index (χ4n) is 1.79. The van der Waals surface area contributed by atoms with Crippen LogP contribution < -0.4 is 10.1 Å². The number of carbonyl (C=O) groups excluding carboxylic acids is 1. The first-order valence-electron chi connectivity index (χ1n) is 6.17. The van der Waals surface area contributed by atoms with Crippen molar-refractivity contribution in [2.24, 2.45) is 0 Å². The summed E-state index contributed by atoms with van der Waals surface area (Å²) in [6.07, 6.45) is 0.553. The summed E-state index contributed by atoms with van der Waals surface area (Å²) in [5.41, 5.74) is 1.56. The molecule has 0 heterocycles. The minimum atomic E-state index is -0.164. The fourth-order valence-corrected chi connectivity index (χ4v) is 1.79. The third kappa shape index (κ3) is 3.47. The zero-order valence-corrected chi connectivity index (χ0v) is 11.2. The Morgan fingerprint density at radius 3 is 2.72 bits per heavy atom. The molecule has 100 valence electrons. The van der Waals surface area contributed by atoms with Gasteiger partial charge in [0.1, 0.15) is 5.75 Å². The van der Waals surface area contributed by atoms with E-state index in [9.17, 15) is 4.79 Å². The number of nitrogens with one attached hydrogen (secondary N) is 1. The Labute approximate surface area is 108 Å². The molecule has 0 atom stereocenters. The number of aliphatic hydroxyl groups excluding tert-OH is 1. The molecule has 0 bridgehead atoms. The molecule has 0 aliphatic heterocycles. The van der Waals surface area contributed by atoms with Gasteiger partial charge in [-0.3, -0.25) is 4.79 Å². The van der Waals surface area contributed by atoms with Gasteiger partial charge in [-0.15, -0.1) is 0 Å². The van der Waals surface area contributed by atoms with Crippen LogP contribution in [0.15, 0.2) is 18.2 Å². The second-order valence-electron chi connectivity index (χ2n) is 4.42. The molecule has 4 nitrogen and oxygen atoms in total. The van der Waals surface area contributed by atoms with E-state index in [1.54, 1.807) is 13.2 Å². The van der Waals surface area contributed by atoms with Gasteiger partial charge in [0.2, 0.25) is 0 Å². The second-order valence-corrected chi connectivity index (χ2v) is 4.42. The summed E-state index contributed by atoms with van der Waals surface area (Å²) in [7, 11) is 1.58. The number of amides is 1. The Morgan fingerprint density at radius 1 is 1.44 bits per heavy atom. The maximum atomic E-state index is 12.0. The molecular weight excluding hydrogens is 230 g/mol. The van der Waals surface area contributed by atoms with Crippen molar-refractivity contribution in [2.75, 3.05) is 20.3 Å². The van der Waals surface area contributed by atoms with Crippen LogP contribution in [-0.2, 0) is 0 Å². The lowest BCUT2D eigenvalue weighted by Crippen LogP contribution is -2.25. The smallest absolute Gasteiger partial charge is 0.255 e. The Hall–Kier alpha value is -1.55. The van der Waals surface area contributed by atoms with Gasteiger partial charge in [-0.25, -0.2) is 0 Å². The standard InChI is InChI=1S/C14H21NO3/c1-10(2)11-6-4-7-12(13(11)18-3)14(17)15-8-5-9-16/h4,6-7,10,16H,5,8-9H2,1-3H3,(H,15,17). The van der Waals surface area contributed by atoms with Crippen LogP contribution in [-0.4, -0.2) is 31.3 Å². The minimum absolute atomic E-state index is 0.0729. The van der Waals surface area contributed by atoms with Crippen LogP contribution in [0.4, 0.5) is 0 Å². The van der Waals surface area contributed by atoms with Gasteiger partial charge < -0.3 is 15.2 Å². The lowest BCUT2D eigenvalue weighted by atomic mass is 9.98. The summed E-state index contributed by atoms with van der Waals surface area (Å²) < 4.78 is 5.35. The highest BCUT2D eigenvalue weighted by Crippen LogP contribution is 2.29. The first-order chi connectivity index (χ1) is 8.61. The summed E-state index contributed by atoms with van der Waals surface area (Å²) in [5, 5.41) is 11.5. The Bertz CT molecular complexity index is 402. The van der Waals surface area contributed by atoms with E-state index >= 15 is 0 Å². The van der Waals surface area contributed by atoms with Crippen LogP contribution in [0.5, 0.6) is 5.75 Å². The molecule has 0 saturated heterocycles. The number of hydrogen-bond acceptors (Lipinski definition) is 3. The number of carbonyl (C=O) groups is 1. The van der Waals surface area contributed by atoms with Crippen LogP contribution in [0.2, 0.25) is 0 Å². The summed E-state index contributed by atoms with van der Waals surface area (Å²) in [4.78, 5) is 12.0. The number of methoxy groups -OCH3 is 1. The molecule has 1 aromatic carbocycles. The van der Waals surface area contributed by atoms with Crippen molar-refractivity contribution in [1.82, 2.24) is 5.32 Å². The number of aliphatic hydroxyl groups is 1. The normalized spacial score (nSPS) is 10.5. The van der Waals surface area contributed by atoms with Crippen molar-refractivity contribution in [2.45, 2.75) is 26.2 Å². The van der Waals surface area contributed by atoms with Crippen LogP contribution in [0.3, 0.4) is 0 Å². The van der Waals surface area contributed by atoms with E-state index in [1.165, 1.54) is 0 Å². The second kappa shape index (κ2) is 7.01. The molecule has 1 amide bonds. The molecule has 0 aliphatic carbocycles. The van der Waals surface area contributed by atoms with E-state index < -0.39 is 0 Å². The van der Waals surface area contributed by atoms with E-state index in [0.29, 0.717) is 30.2 Å². The van der Waals surface area contributed by atoms with Gasteiger partial charge in [-0.1, -0.05) is 26.0 Å². The van der Waals surface area contributed by atoms with E-state index in [0.717, 1.165) is 5.56 Å². The lowest BCUT2D eigenvalue weighted by molar-refractivity contribution is 0.0948. The molecule has 0 saturated carbocycles. The van der Waals surface area contributed by atoms with Crippen LogP contribution in [0.25, 0.3) is 0 Å². The lowest BCUT2D eigenvalue weighted by Gasteiger charge is -2.15. The number of ether oxygens (including phenoxy) is 1. The Morgan fingerprint density at radius 2 is 2.17 bits per heavy atom. The minimum Gasteiger partial charge on any atom is -0.496 e. The molecular formula is C14H21NO3. The van der Waals surface area contributed by atoms with Gasteiger partial charge in [-0.05, 0) is 24.0 Å². The molecule has 0 radical (unpaired) electrons. The first kappa shape index (κ1) is 14.5. The van der Waals surface area contributed by atoms with Gasteiger partial charge in [0, 0.05) is 13.2 Å². The van der Waals surface area contributed by atoms with Crippen molar-refractivity contribution in [1.29, 1.82) is 0 Å². The highest BCUT2D eigenvalue weighted by Gasteiger charge is 2.16. The molecule has 0 spiro atoms. The van der Waals surface area contributed by atoms with E-state index in [-0.39, 0.29) is 12.5 Å². The molecule has 1 rings (SSSR count). The number of hydrogen-bond donors (Lipinski definition) is 2. The molecule has 2 N–H and O–H groups in total. The third-order valence-corrected chi connectivity index (χ3v) is 2.74.